The van der Waals surface area contributed by atoms with Gasteiger partial charge in [-0.05, 0) is 30.9 Å². The Hall–Kier alpha value is -1.31. The molecule has 2 heteroatoms. The zero-order valence-electron chi connectivity index (χ0n) is 8.29. The Balaban J connectivity index is 2.47. The van der Waals surface area contributed by atoms with Crippen molar-refractivity contribution >= 4 is 5.97 Å². The summed E-state index contributed by atoms with van der Waals surface area (Å²) in [6.45, 7) is 1.98. The fourth-order valence-corrected chi connectivity index (χ4v) is 2.24. The molecule has 1 N–H and O–H groups in total. The van der Waals surface area contributed by atoms with Crippen molar-refractivity contribution < 1.29 is 9.90 Å². The number of rotatable bonds is 2. The molecule has 0 unspecified atom stereocenters. The molecule has 2 rings (SSSR count). The van der Waals surface area contributed by atoms with Crippen LogP contribution >= 0.6 is 0 Å². The minimum Gasteiger partial charge on any atom is -0.481 e. The molecule has 0 amide bonds. The second-order valence-corrected chi connectivity index (χ2v) is 4.06. The molecule has 1 aliphatic carbocycles. The molecule has 0 saturated heterocycles. The largest absolute Gasteiger partial charge is 0.481 e. The van der Waals surface area contributed by atoms with Crippen LogP contribution in [-0.2, 0) is 10.2 Å². The van der Waals surface area contributed by atoms with E-state index in [4.69, 9.17) is 0 Å². The molecule has 0 bridgehead atoms. The van der Waals surface area contributed by atoms with E-state index in [9.17, 15) is 9.90 Å². The Morgan fingerprint density at radius 2 is 2.00 bits per heavy atom. The molecule has 1 aromatic rings. The first-order chi connectivity index (χ1) is 6.67. The quantitative estimate of drug-likeness (QED) is 0.778. The highest BCUT2D eigenvalue weighted by Gasteiger charge is 2.46. The highest BCUT2D eigenvalue weighted by molar-refractivity contribution is 5.83. The van der Waals surface area contributed by atoms with Gasteiger partial charge in [0.2, 0.25) is 0 Å². The molecule has 0 aliphatic heterocycles. The monoisotopic (exact) mass is 190 g/mol. The van der Waals surface area contributed by atoms with Crippen molar-refractivity contribution in [2.24, 2.45) is 0 Å². The maximum atomic E-state index is 11.3. The normalized spacial score (nSPS) is 18.6. The predicted molar refractivity (Wildman–Crippen MR) is 54.3 cm³/mol. The van der Waals surface area contributed by atoms with E-state index in [1.807, 2.05) is 31.2 Å². The second kappa shape index (κ2) is 3.12. The summed E-state index contributed by atoms with van der Waals surface area (Å²) in [6, 6.07) is 7.80. The number of benzene rings is 1. The molecule has 14 heavy (non-hydrogen) atoms. The van der Waals surface area contributed by atoms with E-state index in [-0.39, 0.29) is 0 Å². The lowest BCUT2D eigenvalue weighted by atomic mass is 9.63. The van der Waals surface area contributed by atoms with Crippen molar-refractivity contribution in [3.8, 4) is 0 Å². The zero-order valence-corrected chi connectivity index (χ0v) is 8.29. The molecular weight excluding hydrogens is 176 g/mol. The van der Waals surface area contributed by atoms with E-state index >= 15 is 0 Å². The van der Waals surface area contributed by atoms with Crippen LogP contribution in [0.15, 0.2) is 24.3 Å². The molecule has 74 valence electrons. The first kappa shape index (κ1) is 9.25. The second-order valence-electron chi connectivity index (χ2n) is 4.06. The van der Waals surface area contributed by atoms with Gasteiger partial charge in [-0.25, -0.2) is 0 Å². The fourth-order valence-electron chi connectivity index (χ4n) is 2.24. The molecule has 1 fully saturated rings. The van der Waals surface area contributed by atoms with E-state index in [1.165, 1.54) is 0 Å². The Labute approximate surface area is 83.6 Å². The maximum absolute atomic E-state index is 11.3. The Morgan fingerprint density at radius 1 is 1.36 bits per heavy atom. The summed E-state index contributed by atoms with van der Waals surface area (Å²) in [7, 11) is 0. The molecule has 0 radical (unpaired) electrons. The molecule has 1 aromatic carbocycles. The number of aliphatic carboxylic acids is 1. The van der Waals surface area contributed by atoms with Gasteiger partial charge in [0.15, 0.2) is 0 Å². The lowest BCUT2D eigenvalue weighted by Gasteiger charge is -2.39. The van der Waals surface area contributed by atoms with Crippen molar-refractivity contribution in [2.45, 2.75) is 31.6 Å². The van der Waals surface area contributed by atoms with E-state index in [2.05, 4.69) is 0 Å². The molecule has 1 aliphatic rings. The molecule has 0 aromatic heterocycles. The smallest absolute Gasteiger partial charge is 0.314 e. The molecule has 0 heterocycles. The summed E-state index contributed by atoms with van der Waals surface area (Å²) < 4.78 is 0. The highest BCUT2D eigenvalue weighted by atomic mass is 16.4. The lowest BCUT2D eigenvalue weighted by Crippen LogP contribution is -2.42. The summed E-state index contributed by atoms with van der Waals surface area (Å²) in [4.78, 5) is 11.3. The van der Waals surface area contributed by atoms with Crippen molar-refractivity contribution in [3.05, 3.63) is 35.4 Å². The van der Waals surface area contributed by atoms with Gasteiger partial charge in [-0.15, -0.1) is 0 Å². The number of hydrogen-bond acceptors (Lipinski definition) is 1. The van der Waals surface area contributed by atoms with Gasteiger partial charge in [0.1, 0.15) is 0 Å². The van der Waals surface area contributed by atoms with Crippen LogP contribution < -0.4 is 0 Å². The zero-order chi connectivity index (χ0) is 10.2. The molecule has 0 atom stereocenters. The average molecular weight is 190 g/mol. The minimum atomic E-state index is -0.668. The summed E-state index contributed by atoms with van der Waals surface area (Å²) in [5.74, 6) is -0.668. The van der Waals surface area contributed by atoms with Crippen LogP contribution in [0.25, 0.3) is 0 Å². The molecule has 0 spiro atoms. The molecule has 2 nitrogen and oxygen atoms in total. The van der Waals surface area contributed by atoms with Crippen LogP contribution in [0, 0.1) is 6.92 Å². The highest BCUT2D eigenvalue weighted by Crippen LogP contribution is 2.44. The third kappa shape index (κ3) is 1.14. The maximum Gasteiger partial charge on any atom is 0.314 e. The van der Waals surface area contributed by atoms with Crippen molar-refractivity contribution in [3.63, 3.8) is 0 Å². The van der Waals surface area contributed by atoms with Gasteiger partial charge in [-0.1, -0.05) is 30.7 Å². The Morgan fingerprint density at radius 3 is 2.43 bits per heavy atom. The first-order valence-corrected chi connectivity index (χ1v) is 4.96. The van der Waals surface area contributed by atoms with E-state index < -0.39 is 11.4 Å². The van der Waals surface area contributed by atoms with E-state index in [1.54, 1.807) is 0 Å². The summed E-state index contributed by atoms with van der Waals surface area (Å²) in [5.41, 5.74) is 1.51. The number of hydrogen-bond donors (Lipinski definition) is 1. The lowest BCUT2D eigenvalue weighted by molar-refractivity contribution is -0.147. The molecule has 1 saturated carbocycles. The van der Waals surface area contributed by atoms with Crippen LogP contribution in [0.3, 0.4) is 0 Å². The van der Waals surface area contributed by atoms with Gasteiger partial charge in [-0.3, -0.25) is 4.79 Å². The summed E-state index contributed by atoms with van der Waals surface area (Å²) in [6.07, 6.45) is 2.60. The van der Waals surface area contributed by atoms with Crippen molar-refractivity contribution in [1.82, 2.24) is 0 Å². The minimum absolute atomic E-state index is 0.578. The van der Waals surface area contributed by atoms with Crippen molar-refractivity contribution in [2.75, 3.05) is 0 Å². The fraction of sp³-hybridized carbons (Fsp3) is 0.417. The van der Waals surface area contributed by atoms with Crippen LogP contribution in [0.5, 0.6) is 0 Å². The van der Waals surface area contributed by atoms with Gasteiger partial charge in [-0.2, -0.15) is 0 Å². The van der Waals surface area contributed by atoms with Crippen LogP contribution in [0.1, 0.15) is 30.4 Å². The number of carboxylic acids is 1. The topological polar surface area (TPSA) is 37.3 Å². The van der Waals surface area contributed by atoms with E-state index in [0.717, 1.165) is 30.4 Å². The van der Waals surface area contributed by atoms with Gasteiger partial charge in [0.25, 0.3) is 0 Å². The van der Waals surface area contributed by atoms with E-state index in [0.29, 0.717) is 0 Å². The van der Waals surface area contributed by atoms with Gasteiger partial charge >= 0.3 is 5.97 Å². The Bertz CT molecular complexity index is 364. The summed E-state index contributed by atoms with van der Waals surface area (Å²) >= 11 is 0. The standard InChI is InChI=1S/C12H14O2/c1-9-5-2-3-6-10(9)12(11(13)14)7-4-8-12/h2-3,5-6H,4,7-8H2,1H3,(H,13,14). The average Bonchev–Trinajstić information content (AvgIpc) is 2.05. The third-order valence-corrected chi connectivity index (χ3v) is 3.28. The third-order valence-electron chi connectivity index (χ3n) is 3.28. The van der Waals surface area contributed by atoms with Crippen molar-refractivity contribution in [1.29, 1.82) is 0 Å². The molecular formula is C12H14O2. The van der Waals surface area contributed by atoms with Gasteiger partial charge in [0, 0.05) is 0 Å². The predicted octanol–water partition coefficient (Wildman–Crippen LogP) is 2.50. The first-order valence-electron chi connectivity index (χ1n) is 4.96. The van der Waals surface area contributed by atoms with Gasteiger partial charge in [0.05, 0.1) is 5.41 Å². The Kier molecular flexibility index (Phi) is 2.06. The van der Waals surface area contributed by atoms with Crippen LogP contribution in [0.4, 0.5) is 0 Å². The summed E-state index contributed by atoms with van der Waals surface area (Å²) in [5, 5.41) is 9.26. The number of carbonyl (C=O) groups is 1. The number of aryl methyl sites for hydroxylation is 1. The van der Waals surface area contributed by atoms with Crippen LogP contribution in [-0.4, -0.2) is 11.1 Å². The number of carboxylic acid groups (broad SMARTS) is 1. The van der Waals surface area contributed by atoms with Crippen LogP contribution in [0.2, 0.25) is 0 Å². The SMILES string of the molecule is Cc1ccccc1C1(C(=O)O)CCC1. The van der Waals surface area contributed by atoms with Gasteiger partial charge < -0.3 is 5.11 Å².